The molecule has 23 heavy (non-hydrogen) atoms. The molecule has 1 saturated carbocycles. The van der Waals surface area contributed by atoms with Crippen LogP contribution in [-0.4, -0.2) is 12.6 Å². The first kappa shape index (κ1) is 15.4. The normalized spacial score (nSPS) is 14.6. The molecule has 4 nitrogen and oxygen atoms in total. The van der Waals surface area contributed by atoms with Crippen molar-refractivity contribution in [1.82, 2.24) is 5.32 Å². The summed E-state index contributed by atoms with van der Waals surface area (Å²) < 4.78 is 0. The number of urea groups is 1. The smallest absolute Gasteiger partial charge is 0.326 e. The van der Waals surface area contributed by atoms with Crippen molar-refractivity contribution in [2.75, 3.05) is 17.2 Å². The third-order valence-corrected chi connectivity index (χ3v) is 4.39. The number of amides is 2. The van der Waals surface area contributed by atoms with Crippen LogP contribution in [-0.2, 0) is 0 Å². The van der Waals surface area contributed by atoms with Gasteiger partial charge in [0.15, 0.2) is 0 Å². The maximum absolute atomic E-state index is 12.8. The second-order valence-corrected chi connectivity index (χ2v) is 6.10. The lowest BCUT2D eigenvalue weighted by Crippen LogP contribution is -2.39. The lowest BCUT2D eigenvalue weighted by Gasteiger charge is -2.24. The highest BCUT2D eigenvalue weighted by Crippen LogP contribution is 2.27. The molecule has 2 aromatic rings. The Bertz CT molecular complexity index is 633. The number of benzene rings is 2. The predicted molar refractivity (Wildman–Crippen MR) is 94.8 cm³/mol. The van der Waals surface area contributed by atoms with E-state index in [-0.39, 0.29) is 6.03 Å². The molecule has 1 fully saturated rings. The number of nitrogens with zero attached hydrogens (tertiary/aromatic N) is 1. The zero-order chi connectivity index (χ0) is 16.1. The van der Waals surface area contributed by atoms with Crippen molar-refractivity contribution in [1.29, 1.82) is 0 Å². The van der Waals surface area contributed by atoms with Gasteiger partial charge in [-0.2, -0.15) is 0 Å². The number of rotatable bonds is 4. The molecule has 0 saturated heterocycles. The molecular formula is C19H23N3O. The maximum atomic E-state index is 12.8. The molecule has 1 aliphatic rings. The van der Waals surface area contributed by atoms with Gasteiger partial charge in [-0.1, -0.05) is 31.0 Å². The standard InChI is InChI=1S/C19H23N3O/c20-16-10-12-18(13-11-16)22(17-8-2-1-3-9-17)19(23)21-14-15-6-4-5-7-15/h1-3,8-13,15H,4-7,14,20H2,(H,21,23). The number of carbonyl (C=O) groups excluding carboxylic acids is 1. The van der Waals surface area contributed by atoms with Gasteiger partial charge in [-0.25, -0.2) is 4.79 Å². The minimum absolute atomic E-state index is 0.0899. The Labute approximate surface area is 137 Å². The first-order chi connectivity index (χ1) is 11.2. The zero-order valence-electron chi connectivity index (χ0n) is 13.2. The monoisotopic (exact) mass is 309 g/mol. The van der Waals surface area contributed by atoms with Gasteiger partial charge in [0.1, 0.15) is 0 Å². The van der Waals surface area contributed by atoms with Crippen molar-refractivity contribution in [3.8, 4) is 0 Å². The van der Waals surface area contributed by atoms with Crippen molar-refractivity contribution in [2.45, 2.75) is 25.7 Å². The molecule has 0 atom stereocenters. The van der Waals surface area contributed by atoms with Crippen LogP contribution >= 0.6 is 0 Å². The Morgan fingerprint density at radius 2 is 1.61 bits per heavy atom. The zero-order valence-corrected chi connectivity index (χ0v) is 13.2. The van der Waals surface area contributed by atoms with Gasteiger partial charge in [-0.15, -0.1) is 0 Å². The van der Waals surface area contributed by atoms with Crippen LogP contribution < -0.4 is 16.0 Å². The fourth-order valence-electron chi connectivity index (χ4n) is 3.11. The number of nitrogens with one attached hydrogen (secondary N) is 1. The van der Waals surface area contributed by atoms with Gasteiger partial charge in [-0.3, -0.25) is 4.90 Å². The minimum Gasteiger partial charge on any atom is -0.399 e. The van der Waals surface area contributed by atoms with E-state index in [4.69, 9.17) is 5.73 Å². The number of para-hydroxylation sites is 1. The van der Waals surface area contributed by atoms with Gasteiger partial charge in [0.05, 0.1) is 11.4 Å². The Hall–Kier alpha value is -2.49. The van der Waals surface area contributed by atoms with Gasteiger partial charge in [0, 0.05) is 12.2 Å². The van der Waals surface area contributed by atoms with Crippen LogP contribution in [0.2, 0.25) is 0 Å². The molecule has 3 N–H and O–H groups in total. The van der Waals surface area contributed by atoms with Gasteiger partial charge < -0.3 is 11.1 Å². The van der Waals surface area contributed by atoms with Crippen molar-refractivity contribution in [3.05, 3.63) is 54.6 Å². The molecular weight excluding hydrogens is 286 g/mol. The summed E-state index contributed by atoms with van der Waals surface area (Å²) in [4.78, 5) is 14.5. The van der Waals surface area contributed by atoms with E-state index in [0.717, 1.165) is 17.9 Å². The predicted octanol–water partition coefficient (Wildman–Crippen LogP) is 4.31. The molecule has 0 aliphatic heterocycles. The summed E-state index contributed by atoms with van der Waals surface area (Å²) in [6.45, 7) is 0.747. The fourth-order valence-corrected chi connectivity index (χ4v) is 3.11. The minimum atomic E-state index is -0.0899. The number of carbonyl (C=O) groups is 1. The van der Waals surface area contributed by atoms with Crippen molar-refractivity contribution >= 4 is 23.1 Å². The fraction of sp³-hybridized carbons (Fsp3) is 0.316. The SMILES string of the molecule is Nc1ccc(N(C(=O)NCC2CCCC2)c2ccccc2)cc1. The van der Waals surface area contributed by atoms with E-state index in [0.29, 0.717) is 11.6 Å². The largest absolute Gasteiger partial charge is 0.399 e. The van der Waals surface area contributed by atoms with Crippen LogP contribution in [0.4, 0.5) is 21.9 Å². The van der Waals surface area contributed by atoms with Crippen molar-refractivity contribution in [3.63, 3.8) is 0 Å². The molecule has 0 unspecified atom stereocenters. The quantitative estimate of drug-likeness (QED) is 0.827. The molecule has 0 bridgehead atoms. The summed E-state index contributed by atoms with van der Waals surface area (Å²) in [7, 11) is 0. The van der Waals surface area contributed by atoms with Crippen LogP contribution in [0.25, 0.3) is 0 Å². The molecule has 0 spiro atoms. The van der Waals surface area contributed by atoms with Crippen LogP contribution in [0.3, 0.4) is 0 Å². The third kappa shape index (κ3) is 3.83. The Balaban J connectivity index is 1.79. The van der Waals surface area contributed by atoms with E-state index in [2.05, 4.69) is 5.32 Å². The lowest BCUT2D eigenvalue weighted by atomic mass is 10.1. The molecule has 120 valence electrons. The average molecular weight is 309 g/mol. The summed E-state index contributed by atoms with van der Waals surface area (Å²) in [6.07, 6.45) is 4.99. The molecule has 0 aromatic heterocycles. The number of hydrogen-bond donors (Lipinski definition) is 2. The second-order valence-electron chi connectivity index (χ2n) is 6.10. The highest BCUT2D eigenvalue weighted by atomic mass is 16.2. The number of anilines is 3. The molecule has 3 rings (SSSR count). The van der Waals surface area contributed by atoms with Crippen LogP contribution in [0, 0.1) is 5.92 Å². The van der Waals surface area contributed by atoms with E-state index in [1.807, 2.05) is 54.6 Å². The van der Waals surface area contributed by atoms with E-state index in [1.165, 1.54) is 25.7 Å². The summed E-state index contributed by atoms with van der Waals surface area (Å²) in [6, 6.07) is 17.0. The van der Waals surface area contributed by atoms with E-state index in [9.17, 15) is 4.79 Å². The van der Waals surface area contributed by atoms with Gasteiger partial charge in [0.2, 0.25) is 0 Å². The van der Waals surface area contributed by atoms with Gasteiger partial charge >= 0.3 is 6.03 Å². The summed E-state index contributed by atoms with van der Waals surface area (Å²) in [5.74, 6) is 0.614. The Kier molecular flexibility index (Phi) is 4.81. The molecule has 0 radical (unpaired) electrons. The van der Waals surface area contributed by atoms with E-state index >= 15 is 0 Å². The second kappa shape index (κ2) is 7.18. The molecule has 4 heteroatoms. The van der Waals surface area contributed by atoms with Crippen molar-refractivity contribution in [2.24, 2.45) is 5.92 Å². The van der Waals surface area contributed by atoms with Gasteiger partial charge in [-0.05, 0) is 55.2 Å². The molecule has 2 amide bonds. The third-order valence-electron chi connectivity index (χ3n) is 4.39. The number of nitrogens with two attached hydrogens (primary N) is 1. The van der Waals surface area contributed by atoms with E-state index < -0.39 is 0 Å². The number of hydrogen-bond acceptors (Lipinski definition) is 2. The van der Waals surface area contributed by atoms with Gasteiger partial charge in [0.25, 0.3) is 0 Å². The molecule has 1 aliphatic carbocycles. The van der Waals surface area contributed by atoms with Crippen LogP contribution in [0.1, 0.15) is 25.7 Å². The maximum Gasteiger partial charge on any atom is 0.326 e. The highest BCUT2D eigenvalue weighted by Gasteiger charge is 2.20. The Morgan fingerprint density at radius 1 is 1.00 bits per heavy atom. The van der Waals surface area contributed by atoms with Crippen LogP contribution in [0.15, 0.2) is 54.6 Å². The molecule has 0 heterocycles. The number of nitrogen functional groups attached to an aromatic ring is 1. The summed E-state index contributed by atoms with van der Waals surface area (Å²) >= 11 is 0. The molecule has 2 aromatic carbocycles. The summed E-state index contributed by atoms with van der Waals surface area (Å²) in [5, 5.41) is 3.09. The highest BCUT2D eigenvalue weighted by molar-refractivity contribution is 5.99. The lowest BCUT2D eigenvalue weighted by molar-refractivity contribution is 0.246. The Morgan fingerprint density at radius 3 is 2.26 bits per heavy atom. The first-order valence-corrected chi connectivity index (χ1v) is 8.22. The topological polar surface area (TPSA) is 58.4 Å². The average Bonchev–Trinajstić information content (AvgIpc) is 3.09. The first-order valence-electron chi connectivity index (χ1n) is 8.22. The van der Waals surface area contributed by atoms with Crippen molar-refractivity contribution < 1.29 is 4.79 Å². The summed E-state index contributed by atoms with van der Waals surface area (Å²) in [5.41, 5.74) is 8.11. The van der Waals surface area contributed by atoms with Crippen LogP contribution in [0.5, 0.6) is 0 Å². The van der Waals surface area contributed by atoms with E-state index in [1.54, 1.807) is 4.90 Å².